The summed E-state index contributed by atoms with van der Waals surface area (Å²) in [7, 11) is -1.07. The predicted octanol–water partition coefficient (Wildman–Crippen LogP) is 3.09. The highest BCUT2D eigenvalue weighted by molar-refractivity contribution is 7.92. The molecule has 1 atom stereocenters. The molecule has 0 radical (unpaired) electrons. The van der Waals surface area contributed by atoms with Gasteiger partial charge in [-0.05, 0) is 49.6 Å². The van der Waals surface area contributed by atoms with E-state index in [1.54, 1.807) is 13.0 Å². The predicted molar refractivity (Wildman–Crippen MR) is 139 cm³/mol. The van der Waals surface area contributed by atoms with Gasteiger partial charge in [0.2, 0.25) is 21.8 Å². The van der Waals surface area contributed by atoms with Crippen LogP contribution >= 0.6 is 0 Å². The lowest BCUT2D eigenvalue weighted by atomic mass is 10.1. The van der Waals surface area contributed by atoms with Crippen molar-refractivity contribution in [1.29, 1.82) is 0 Å². The maximum atomic E-state index is 13.7. The molecule has 9 nitrogen and oxygen atoms in total. The monoisotopic (exact) mass is 535 g/mol. The van der Waals surface area contributed by atoms with Gasteiger partial charge in [0.1, 0.15) is 29.9 Å². The molecule has 0 saturated heterocycles. The first-order chi connectivity index (χ1) is 17.5. The summed E-state index contributed by atoms with van der Waals surface area (Å²) in [6, 6.07) is 9.33. The second-order valence-electron chi connectivity index (χ2n) is 9.12. The molecular formula is C26H34FN3O6S. The molecule has 2 aromatic carbocycles. The normalized spacial score (nSPS) is 14.6. The summed E-state index contributed by atoms with van der Waals surface area (Å²) in [5.74, 6) is -0.689. The third-order valence-electron chi connectivity index (χ3n) is 6.47. The third-order valence-corrected chi connectivity index (χ3v) is 7.60. The van der Waals surface area contributed by atoms with E-state index in [0.29, 0.717) is 11.3 Å². The van der Waals surface area contributed by atoms with Gasteiger partial charge in [-0.3, -0.25) is 13.9 Å². The Morgan fingerprint density at radius 2 is 1.73 bits per heavy atom. The van der Waals surface area contributed by atoms with Gasteiger partial charge in [-0.25, -0.2) is 12.8 Å². The van der Waals surface area contributed by atoms with Crippen LogP contribution in [0, 0.1) is 5.82 Å². The minimum atomic E-state index is -3.93. The molecule has 2 amide bonds. The number of halogens is 1. The lowest BCUT2D eigenvalue weighted by molar-refractivity contribution is -0.139. The van der Waals surface area contributed by atoms with Crippen molar-refractivity contribution in [3.8, 4) is 11.5 Å². The largest absolute Gasteiger partial charge is 0.497 e. The summed E-state index contributed by atoms with van der Waals surface area (Å²) in [5, 5.41) is 3.00. The maximum absolute atomic E-state index is 13.7. The molecule has 0 unspecified atom stereocenters. The standard InChI is InChI=1S/C26H34FN3O6S/c1-18(26(32)28-21-7-5-6-8-21)29(16-19-9-11-20(27)12-10-19)25(31)17-30(37(4,33)34)23-14-13-22(35-2)15-24(23)36-3/h9-15,18,21H,5-8,16-17H2,1-4H3,(H,28,32)/t18-/m0/s1. The molecule has 1 aliphatic rings. The van der Waals surface area contributed by atoms with Crippen molar-refractivity contribution in [1.82, 2.24) is 10.2 Å². The number of rotatable bonds is 11. The van der Waals surface area contributed by atoms with E-state index < -0.39 is 34.3 Å². The Morgan fingerprint density at radius 3 is 2.30 bits per heavy atom. The molecule has 1 fully saturated rings. The summed E-state index contributed by atoms with van der Waals surface area (Å²) in [6.07, 6.45) is 4.81. The first-order valence-corrected chi connectivity index (χ1v) is 13.9. The number of nitrogens with one attached hydrogen (secondary N) is 1. The van der Waals surface area contributed by atoms with Crippen LogP contribution in [-0.2, 0) is 26.2 Å². The summed E-state index contributed by atoms with van der Waals surface area (Å²) in [5.41, 5.74) is 0.757. The molecule has 11 heteroatoms. The average molecular weight is 536 g/mol. The van der Waals surface area contributed by atoms with Crippen molar-refractivity contribution in [2.75, 3.05) is 31.3 Å². The number of methoxy groups -OCH3 is 2. The highest BCUT2D eigenvalue weighted by atomic mass is 32.2. The number of nitrogens with zero attached hydrogens (tertiary/aromatic N) is 2. The minimum absolute atomic E-state index is 0.00425. The topological polar surface area (TPSA) is 105 Å². The molecule has 202 valence electrons. The highest BCUT2D eigenvalue weighted by Gasteiger charge is 2.32. The van der Waals surface area contributed by atoms with E-state index in [4.69, 9.17) is 9.47 Å². The van der Waals surface area contributed by atoms with Crippen molar-refractivity contribution in [3.05, 3.63) is 53.8 Å². The van der Waals surface area contributed by atoms with E-state index in [9.17, 15) is 22.4 Å². The van der Waals surface area contributed by atoms with Crippen molar-refractivity contribution in [2.24, 2.45) is 0 Å². The maximum Gasteiger partial charge on any atom is 0.244 e. The van der Waals surface area contributed by atoms with Crippen LogP contribution in [0.15, 0.2) is 42.5 Å². The molecule has 0 aliphatic heterocycles. The average Bonchev–Trinajstić information content (AvgIpc) is 3.38. The van der Waals surface area contributed by atoms with Crippen LogP contribution in [0.1, 0.15) is 38.2 Å². The second kappa shape index (κ2) is 12.3. The number of carbonyl (C=O) groups excluding carboxylic acids is 2. The lowest BCUT2D eigenvalue weighted by Crippen LogP contribution is -2.52. The number of benzene rings is 2. The number of anilines is 1. The number of amides is 2. The number of hydrogen-bond acceptors (Lipinski definition) is 6. The zero-order valence-corrected chi connectivity index (χ0v) is 22.4. The van der Waals surface area contributed by atoms with E-state index in [1.807, 2.05) is 0 Å². The Balaban J connectivity index is 1.92. The number of carbonyl (C=O) groups is 2. The van der Waals surface area contributed by atoms with Gasteiger partial charge in [0.15, 0.2) is 0 Å². The molecule has 0 heterocycles. The van der Waals surface area contributed by atoms with Crippen molar-refractivity contribution in [3.63, 3.8) is 0 Å². The Kier molecular flexibility index (Phi) is 9.36. The van der Waals surface area contributed by atoms with Crippen molar-refractivity contribution >= 4 is 27.5 Å². The Bertz CT molecular complexity index is 1200. The van der Waals surface area contributed by atoms with Gasteiger partial charge < -0.3 is 19.7 Å². The van der Waals surface area contributed by atoms with Crippen LogP contribution in [-0.4, -0.2) is 64.2 Å². The van der Waals surface area contributed by atoms with E-state index in [0.717, 1.165) is 36.2 Å². The quantitative estimate of drug-likeness (QED) is 0.474. The Labute approximate surface area is 217 Å². The van der Waals surface area contributed by atoms with Gasteiger partial charge in [-0.15, -0.1) is 0 Å². The zero-order valence-electron chi connectivity index (χ0n) is 21.6. The van der Waals surface area contributed by atoms with Gasteiger partial charge in [0, 0.05) is 18.7 Å². The number of hydrogen-bond donors (Lipinski definition) is 1. The van der Waals surface area contributed by atoms with E-state index >= 15 is 0 Å². The molecule has 2 aromatic rings. The molecule has 0 spiro atoms. The fourth-order valence-corrected chi connectivity index (χ4v) is 5.20. The number of ether oxygens (including phenoxy) is 2. The van der Waals surface area contributed by atoms with E-state index in [-0.39, 0.29) is 29.9 Å². The third kappa shape index (κ3) is 7.34. The van der Waals surface area contributed by atoms with Crippen molar-refractivity contribution in [2.45, 2.75) is 51.2 Å². The van der Waals surface area contributed by atoms with Crippen LogP contribution in [0.4, 0.5) is 10.1 Å². The van der Waals surface area contributed by atoms with Crippen molar-refractivity contribution < 1.29 is 31.9 Å². The highest BCUT2D eigenvalue weighted by Crippen LogP contribution is 2.33. The molecule has 1 aliphatic carbocycles. The molecule has 1 saturated carbocycles. The van der Waals surface area contributed by atoms with Gasteiger partial charge in [-0.1, -0.05) is 25.0 Å². The van der Waals surface area contributed by atoms with Crippen LogP contribution in [0.2, 0.25) is 0 Å². The van der Waals surface area contributed by atoms with Gasteiger partial charge in [-0.2, -0.15) is 0 Å². The fraction of sp³-hybridized carbons (Fsp3) is 0.462. The van der Waals surface area contributed by atoms with Crippen LogP contribution in [0.25, 0.3) is 0 Å². The van der Waals surface area contributed by atoms with Crippen LogP contribution in [0.3, 0.4) is 0 Å². The van der Waals surface area contributed by atoms with Crippen LogP contribution in [0.5, 0.6) is 11.5 Å². The van der Waals surface area contributed by atoms with Gasteiger partial charge in [0.25, 0.3) is 0 Å². The first kappa shape index (κ1) is 28.2. The summed E-state index contributed by atoms with van der Waals surface area (Å²) in [6.45, 7) is 1.03. The Hall–Kier alpha value is -3.34. The number of sulfonamides is 1. The SMILES string of the molecule is COc1ccc(N(CC(=O)N(Cc2ccc(F)cc2)[C@@H](C)C(=O)NC2CCCC2)S(C)(=O)=O)c(OC)c1. The first-order valence-electron chi connectivity index (χ1n) is 12.1. The molecular weight excluding hydrogens is 501 g/mol. The fourth-order valence-electron chi connectivity index (χ4n) is 4.35. The Morgan fingerprint density at radius 1 is 1.08 bits per heavy atom. The molecule has 0 bridgehead atoms. The molecule has 3 rings (SSSR count). The van der Waals surface area contributed by atoms with E-state index in [2.05, 4.69) is 5.32 Å². The summed E-state index contributed by atoms with van der Waals surface area (Å²) < 4.78 is 50.5. The summed E-state index contributed by atoms with van der Waals surface area (Å²) in [4.78, 5) is 28.0. The lowest BCUT2D eigenvalue weighted by Gasteiger charge is -2.32. The van der Waals surface area contributed by atoms with Crippen LogP contribution < -0.4 is 19.1 Å². The smallest absolute Gasteiger partial charge is 0.244 e. The van der Waals surface area contributed by atoms with Gasteiger partial charge in [0.05, 0.1) is 26.2 Å². The minimum Gasteiger partial charge on any atom is -0.497 e. The zero-order chi connectivity index (χ0) is 27.2. The molecule has 37 heavy (non-hydrogen) atoms. The second-order valence-corrected chi connectivity index (χ2v) is 11.0. The molecule has 0 aromatic heterocycles. The van der Waals surface area contributed by atoms with Gasteiger partial charge >= 0.3 is 0 Å². The summed E-state index contributed by atoms with van der Waals surface area (Å²) >= 11 is 0. The molecule has 1 N–H and O–H groups in total. The van der Waals surface area contributed by atoms with E-state index in [1.165, 1.54) is 55.5 Å².